The van der Waals surface area contributed by atoms with Gasteiger partial charge in [0.15, 0.2) is 4.88 Å². The van der Waals surface area contributed by atoms with E-state index in [9.17, 15) is 9.18 Å². The van der Waals surface area contributed by atoms with Gasteiger partial charge in [0, 0.05) is 0 Å². The van der Waals surface area contributed by atoms with E-state index in [-0.39, 0.29) is 17.3 Å². The van der Waals surface area contributed by atoms with Gasteiger partial charge in [-0.1, -0.05) is 12.1 Å². The summed E-state index contributed by atoms with van der Waals surface area (Å²) in [5.41, 5.74) is 0.786. The van der Waals surface area contributed by atoms with Crippen LogP contribution < -0.4 is 4.74 Å². The van der Waals surface area contributed by atoms with Gasteiger partial charge in [0.2, 0.25) is 0 Å². The van der Waals surface area contributed by atoms with Gasteiger partial charge in [-0.3, -0.25) is 0 Å². The first-order valence-electron chi connectivity index (χ1n) is 4.85. The largest absolute Gasteiger partial charge is 0.487 e. The number of hydrogen-bond donors (Lipinski definition) is 1. The molecule has 2 rings (SSSR count). The summed E-state index contributed by atoms with van der Waals surface area (Å²) < 4.78 is 18.0. The second-order valence-electron chi connectivity index (χ2n) is 3.33. The maximum absolute atomic E-state index is 12.7. The van der Waals surface area contributed by atoms with Crippen molar-refractivity contribution in [1.29, 1.82) is 0 Å². The second kappa shape index (κ2) is 4.97. The summed E-state index contributed by atoms with van der Waals surface area (Å²) in [7, 11) is 0. The number of carbonyl (C=O) groups is 1. The number of thiophene rings is 1. The lowest BCUT2D eigenvalue weighted by atomic mass is 10.2. The maximum Gasteiger partial charge on any atom is 0.349 e. The highest BCUT2D eigenvalue weighted by Gasteiger charge is 2.12. The minimum Gasteiger partial charge on any atom is -0.487 e. The van der Waals surface area contributed by atoms with Gasteiger partial charge in [-0.25, -0.2) is 9.18 Å². The van der Waals surface area contributed by atoms with Gasteiger partial charge in [0.1, 0.15) is 18.2 Å². The molecule has 0 bridgehead atoms. The molecule has 0 aliphatic heterocycles. The molecule has 0 radical (unpaired) electrons. The van der Waals surface area contributed by atoms with Crippen LogP contribution in [0.4, 0.5) is 4.39 Å². The number of halogens is 1. The molecule has 1 N–H and O–H groups in total. The first-order valence-corrected chi connectivity index (χ1v) is 5.73. The zero-order valence-electron chi connectivity index (χ0n) is 8.72. The molecule has 2 aromatic rings. The summed E-state index contributed by atoms with van der Waals surface area (Å²) in [6.45, 7) is 0.220. The van der Waals surface area contributed by atoms with Crippen LogP contribution in [0.5, 0.6) is 5.75 Å². The summed E-state index contributed by atoms with van der Waals surface area (Å²) in [5, 5.41) is 10.5. The fourth-order valence-electron chi connectivity index (χ4n) is 1.31. The summed E-state index contributed by atoms with van der Waals surface area (Å²) in [4.78, 5) is 11.0. The lowest BCUT2D eigenvalue weighted by Crippen LogP contribution is -2.00. The topological polar surface area (TPSA) is 46.5 Å². The van der Waals surface area contributed by atoms with Crippen molar-refractivity contribution in [1.82, 2.24) is 0 Å². The third-order valence-electron chi connectivity index (χ3n) is 2.13. The van der Waals surface area contributed by atoms with Crippen molar-refractivity contribution in [2.45, 2.75) is 6.61 Å². The van der Waals surface area contributed by atoms with Gasteiger partial charge < -0.3 is 9.84 Å². The molecule has 0 amide bonds. The van der Waals surface area contributed by atoms with E-state index in [0.29, 0.717) is 5.75 Å². The summed E-state index contributed by atoms with van der Waals surface area (Å²) in [6, 6.07) is 7.48. The molecule has 0 saturated heterocycles. The monoisotopic (exact) mass is 252 g/mol. The molecule has 0 aliphatic rings. The summed E-state index contributed by atoms with van der Waals surface area (Å²) in [5.74, 6) is -0.976. The van der Waals surface area contributed by atoms with Crippen molar-refractivity contribution in [3.8, 4) is 5.75 Å². The van der Waals surface area contributed by atoms with Crippen LogP contribution in [0.1, 0.15) is 15.2 Å². The first-order chi connectivity index (χ1) is 8.16. The smallest absolute Gasteiger partial charge is 0.349 e. The minimum atomic E-state index is -1.01. The van der Waals surface area contributed by atoms with E-state index in [1.54, 1.807) is 23.6 Å². The Morgan fingerprint density at radius 1 is 1.29 bits per heavy atom. The lowest BCUT2D eigenvalue weighted by Gasteiger charge is -2.05. The SMILES string of the molecule is O=C(O)c1sccc1OCc1ccc(F)cc1. The van der Waals surface area contributed by atoms with Gasteiger partial charge in [-0.2, -0.15) is 0 Å². The zero-order chi connectivity index (χ0) is 12.3. The maximum atomic E-state index is 12.7. The molecule has 17 heavy (non-hydrogen) atoms. The highest BCUT2D eigenvalue weighted by Crippen LogP contribution is 2.25. The number of benzene rings is 1. The lowest BCUT2D eigenvalue weighted by molar-refractivity contribution is 0.0697. The van der Waals surface area contributed by atoms with Gasteiger partial charge in [-0.05, 0) is 29.1 Å². The van der Waals surface area contributed by atoms with Crippen molar-refractivity contribution in [3.63, 3.8) is 0 Å². The standard InChI is InChI=1S/C12H9FO3S/c13-9-3-1-8(2-4-9)7-16-10-5-6-17-11(10)12(14)15/h1-6H,7H2,(H,14,15). The Morgan fingerprint density at radius 2 is 2.00 bits per heavy atom. The number of carboxylic acids is 1. The Hall–Kier alpha value is -1.88. The highest BCUT2D eigenvalue weighted by atomic mass is 32.1. The Morgan fingerprint density at radius 3 is 2.65 bits per heavy atom. The molecule has 5 heteroatoms. The Kier molecular flexibility index (Phi) is 3.39. The zero-order valence-corrected chi connectivity index (χ0v) is 9.54. The van der Waals surface area contributed by atoms with E-state index < -0.39 is 5.97 Å². The van der Waals surface area contributed by atoms with E-state index in [1.165, 1.54) is 12.1 Å². The Bertz CT molecular complexity index is 519. The molecule has 88 valence electrons. The normalized spacial score (nSPS) is 10.2. The third-order valence-corrected chi connectivity index (χ3v) is 3.01. The van der Waals surface area contributed by atoms with Crippen LogP contribution in [0.15, 0.2) is 35.7 Å². The molecule has 1 heterocycles. The summed E-state index contributed by atoms with van der Waals surface area (Å²) >= 11 is 1.11. The molecule has 0 aliphatic carbocycles. The number of aromatic carboxylic acids is 1. The Labute approximate surface area is 101 Å². The van der Waals surface area contributed by atoms with Crippen LogP contribution in [-0.4, -0.2) is 11.1 Å². The fourth-order valence-corrected chi connectivity index (χ4v) is 1.98. The molecule has 0 atom stereocenters. The average molecular weight is 252 g/mol. The van der Waals surface area contributed by atoms with E-state index in [1.807, 2.05) is 0 Å². The van der Waals surface area contributed by atoms with Crippen LogP contribution in [0, 0.1) is 5.82 Å². The number of rotatable bonds is 4. The second-order valence-corrected chi connectivity index (χ2v) is 4.25. The van der Waals surface area contributed by atoms with Gasteiger partial charge in [0.25, 0.3) is 0 Å². The van der Waals surface area contributed by atoms with Crippen LogP contribution in [0.3, 0.4) is 0 Å². The van der Waals surface area contributed by atoms with Gasteiger partial charge in [0.05, 0.1) is 0 Å². The first kappa shape index (κ1) is 11.6. The van der Waals surface area contributed by atoms with Gasteiger partial charge >= 0.3 is 5.97 Å². The van der Waals surface area contributed by atoms with Crippen LogP contribution in [0.25, 0.3) is 0 Å². The number of carboxylic acid groups (broad SMARTS) is 1. The van der Waals surface area contributed by atoms with E-state index >= 15 is 0 Å². The van der Waals surface area contributed by atoms with E-state index in [2.05, 4.69) is 0 Å². The molecule has 1 aromatic heterocycles. The van der Waals surface area contributed by atoms with Crippen molar-refractivity contribution < 1.29 is 19.0 Å². The predicted molar refractivity (Wildman–Crippen MR) is 62.0 cm³/mol. The molecule has 0 saturated carbocycles. The predicted octanol–water partition coefficient (Wildman–Crippen LogP) is 3.16. The quantitative estimate of drug-likeness (QED) is 0.909. The fraction of sp³-hybridized carbons (Fsp3) is 0.0833. The molecular formula is C12H9FO3S. The van der Waals surface area contributed by atoms with Crippen molar-refractivity contribution in [2.24, 2.45) is 0 Å². The molecular weight excluding hydrogens is 243 g/mol. The number of ether oxygens (including phenoxy) is 1. The molecule has 0 fully saturated rings. The van der Waals surface area contributed by atoms with E-state index in [4.69, 9.17) is 9.84 Å². The highest BCUT2D eigenvalue weighted by molar-refractivity contribution is 7.12. The minimum absolute atomic E-state index is 0.173. The van der Waals surface area contributed by atoms with Crippen LogP contribution in [0.2, 0.25) is 0 Å². The summed E-state index contributed by atoms with van der Waals surface area (Å²) in [6.07, 6.45) is 0. The molecule has 0 unspecified atom stereocenters. The van der Waals surface area contributed by atoms with Crippen molar-refractivity contribution in [2.75, 3.05) is 0 Å². The number of hydrogen-bond acceptors (Lipinski definition) is 3. The van der Waals surface area contributed by atoms with Crippen LogP contribution >= 0.6 is 11.3 Å². The average Bonchev–Trinajstić information content (AvgIpc) is 2.76. The third kappa shape index (κ3) is 2.82. The van der Waals surface area contributed by atoms with Crippen LogP contribution in [-0.2, 0) is 6.61 Å². The molecule has 3 nitrogen and oxygen atoms in total. The van der Waals surface area contributed by atoms with Crippen molar-refractivity contribution in [3.05, 3.63) is 52.0 Å². The molecule has 0 spiro atoms. The van der Waals surface area contributed by atoms with Gasteiger partial charge in [-0.15, -0.1) is 11.3 Å². The molecule has 1 aromatic carbocycles. The van der Waals surface area contributed by atoms with Crippen molar-refractivity contribution >= 4 is 17.3 Å². The Balaban J connectivity index is 2.05. The van der Waals surface area contributed by atoms with E-state index in [0.717, 1.165) is 16.9 Å².